The number of carbonyl (C=O) groups excluding carboxylic acids is 1. The van der Waals surface area contributed by atoms with E-state index >= 15 is 0 Å². The number of halogens is 1. The van der Waals surface area contributed by atoms with E-state index in [1.165, 1.54) is 0 Å². The molecular weight excluding hydrogens is 302 g/mol. The van der Waals surface area contributed by atoms with Crippen LogP contribution >= 0.6 is 12.4 Å². The number of likely N-dealkylation sites (tertiary alicyclic amines) is 1. The van der Waals surface area contributed by atoms with Crippen molar-refractivity contribution in [2.75, 3.05) is 13.1 Å². The Morgan fingerprint density at radius 3 is 3.00 bits per heavy atom. The van der Waals surface area contributed by atoms with Crippen LogP contribution in [0.1, 0.15) is 25.5 Å². The fourth-order valence-electron chi connectivity index (χ4n) is 3.11. The van der Waals surface area contributed by atoms with E-state index in [0.29, 0.717) is 18.2 Å². The van der Waals surface area contributed by atoms with Crippen LogP contribution in [0.5, 0.6) is 0 Å². The fourth-order valence-corrected chi connectivity index (χ4v) is 3.11. The Morgan fingerprint density at radius 2 is 2.23 bits per heavy atom. The molecule has 1 aromatic heterocycles. The summed E-state index contributed by atoms with van der Waals surface area (Å²) in [5.41, 5.74) is 7.27. The molecule has 0 spiro atoms. The zero-order valence-corrected chi connectivity index (χ0v) is 13.5. The van der Waals surface area contributed by atoms with Gasteiger partial charge in [-0.1, -0.05) is 24.2 Å². The van der Waals surface area contributed by atoms with Crippen molar-refractivity contribution in [3.63, 3.8) is 0 Å². The molecule has 2 aromatic rings. The van der Waals surface area contributed by atoms with Gasteiger partial charge in [0.2, 0.25) is 5.91 Å². The molecule has 2 heterocycles. The number of fused-ring (bicyclic) bond motifs is 1. The summed E-state index contributed by atoms with van der Waals surface area (Å²) in [6, 6.07) is 7.78. The number of hydrogen-bond acceptors (Lipinski definition) is 4. The van der Waals surface area contributed by atoms with Crippen molar-refractivity contribution >= 4 is 29.3 Å². The number of para-hydroxylation sites is 1. The third-order valence-corrected chi connectivity index (χ3v) is 4.34. The molecule has 0 aliphatic carbocycles. The zero-order chi connectivity index (χ0) is 14.8. The van der Waals surface area contributed by atoms with Crippen molar-refractivity contribution in [2.45, 2.75) is 32.2 Å². The van der Waals surface area contributed by atoms with Gasteiger partial charge in [0.25, 0.3) is 0 Å². The molecule has 1 aliphatic heterocycles. The average Bonchev–Trinajstić information content (AvgIpc) is 2.90. The maximum atomic E-state index is 12.6. The molecule has 1 fully saturated rings. The highest BCUT2D eigenvalue weighted by atomic mass is 35.5. The summed E-state index contributed by atoms with van der Waals surface area (Å²) in [6.45, 7) is 3.53. The van der Waals surface area contributed by atoms with E-state index in [0.717, 1.165) is 30.4 Å². The molecule has 5 nitrogen and oxygen atoms in total. The van der Waals surface area contributed by atoms with Crippen LogP contribution in [0, 0.1) is 5.92 Å². The lowest BCUT2D eigenvalue weighted by Gasteiger charge is -2.38. The minimum Gasteiger partial charge on any atom is -0.356 e. The van der Waals surface area contributed by atoms with Crippen LogP contribution in [-0.4, -0.2) is 35.1 Å². The first-order chi connectivity index (χ1) is 10.2. The lowest BCUT2D eigenvalue weighted by atomic mass is 9.92. The second-order valence-electron chi connectivity index (χ2n) is 5.91. The topological polar surface area (TPSA) is 72.4 Å². The van der Waals surface area contributed by atoms with Crippen LogP contribution in [0.4, 0.5) is 0 Å². The van der Waals surface area contributed by atoms with Gasteiger partial charge in [-0.05, 0) is 30.9 Å². The van der Waals surface area contributed by atoms with Gasteiger partial charge in [0.05, 0.1) is 6.42 Å². The zero-order valence-electron chi connectivity index (χ0n) is 12.7. The number of nitrogens with two attached hydrogens (primary N) is 1. The highest BCUT2D eigenvalue weighted by molar-refractivity contribution is 5.86. The monoisotopic (exact) mass is 323 g/mol. The van der Waals surface area contributed by atoms with Gasteiger partial charge < -0.3 is 15.2 Å². The quantitative estimate of drug-likeness (QED) is 0.941. The molecule has 0 bridgehead atoms. The number of aromatic nitrogens is 1. The molecule has 2 unspecified atom stereocenters. The molecule has 22 heavy (non-hydrogen) atoms. The third-order valence-electron chi connectivity index (χ3n) is 4.34. The SMILES string of the molecule is CC1CCN(C(=O)Cc2noc3ccccc23)C(CN)C1.Cl. The van der Waals surface area contributed by atoms with E-state index in [1.807, 2.05) is 29.2 Å². The van der Waals surface area contributed by atoms with E-state index in [4.69, 9.17) is 10.3 Å². The Morgan fingerprint density at radius 1 is 1.45 bits per heavy atom. The Kier molecular flexibility index (Phi) is 5.42. The van der Waals surface area contributed by atoms with Gasteiger partial charge in [-0.3, -0.25) is 4.79 Å². The molecule has 2 N–H and O–H groups in total. The summed E-state index contributed by atoms with van der Waals surface area (Å²) in [6.07, 6.45) is 2.31. The largest absolute Gasteiger partial charge is 0.356 e. The standard InChI is InChI=1S/C16H21N3O2.ClH/c1-11-6-7-19(12(8-11)10-17)16(20)9-14-13-4-2-3-5-15(13)21-18-14;/h2-5,11-12H,6-10,17H2,1H3;1H. The van der Waals surface area contributed by atoms with Crippen molar-refractivity contribution < 1.29 is 9.32 Å². The van der Waals surface area contributed by atoms with Crippen LogP contribution < -0.4 is 5.73 Å². The number of carbonyl (C=O) groups is 1. The van der Waals surface area contributed by atoms with Crippen molar-refractivity contribution in [2.24, 2.45) is 11.7 Å². The smallest absolute Gasteiger partial charge is 0.229 e. The number of piperidine rings is 1. The molecule has 2 atom stereocenters. The van der Waals surface area contributed by atoms with Crippen LogP contribution in [0.15, 0.2) is 28.8 Å². The predicted octanol–water partition coefficient (Wildman–Crippen LogP) is 2.38. The summed E-state index contributed by atoms with van der Waals surface area (Å²) in [4.78, 5) is 14.5. The lowest BCUT2D eigenvalue weighted by Crippen LogP contribution is -2.49. The highest BCUT2D eigenvalue weighted by Gasteiger charge is 2.29. The third kappa shape index (κ3) is 3.25. The Labute approximate surface area is 136 Å². The van der Waals surface area contributed by atoms with Gasteiger partial charge >= 0.3 is 0 Å². The predicted molar refractivity (Wildman–Crippen MR) is 87.9 cm³/mol. The van der Waals surface area contributed by atoms with Crippen LogP contribution in [0.3, 0.4) is 0 Å². The fraction of sp³-hybridized carbons (Fsp3) is 0.500. The summed E-state index contributed by atoms with van der Waals surface area (Å²) in [7, 11) is 0. The van der Waals surface area contributed by atoms with Gasteiger partial charge in [-0.15, -0.1) is 12.4 Å². The van der Waals surface area contributed by atoms with Crippen molar-refractivity contribution in [1.82, 2.24) is 10.1 Å². The van der Waals surface area contributed by atoms with Crippen LogP contribution in [0.2, 0.25) is 0 Å². The maximum Gasteiger partial charge on any atom is 0.229 e. The Bertz CT molecular complexity index is 643. The number of amides is 1. The number of hydrogen-bond donors (Lipinski definition) is 1. The van der Waals surface area contributed by atoms with Crippen molar-refractivity contribution in [3.8, 4) is 0 Å². The number of nitrogens with zero attached hydrogens (tertiary/aromatic N) is 2. The van der Waals surface area contributed by atoms with Gasteiger partial charge in [0, 0.05) is 24.5 Å². The van der Waals surface area contributed by atoms with E-state index in [-0.39, 0.29) is 30.8 Å². The Hall–Kier alpha value is -1.59. The molecule has 6 heteroatoms. The summed E-state index contributed by atoms with van der Waals surface area (Å²) < 4.78 is 5.26. The molecule has 1 saturated heterocycles. The molecule has 120 valence electrons. The van der Waals surface area contributed by atoms with E-state index < -0.39 is 0 Å². The first kappa shape index (κ1) is 16.8. The summed E-state index contributed by atoms with van der Waals surface area (Å²) in [5.74, 6) is 0.729. The number of benzene rings is 1. The molecule has 1 aliphatic rings. The first-order valence-corrected chi connectivity index (χ1v) is 7.52. The first-order valence-electron chi connectivity index (χ1n) is 7.52. The molecular formula is C16H22ClN3O2. The van der Waals surface area contributed by atoms with Gasteiger partial charge in [-0.25, -0.2) is 0 Å². The minimum absolute atomic E-state index is 0. The number of rotatable bonds is 3. The van der Waals surface area contributed by atoms with Gasteiger partial charge in [-0.2, -0.15) is 0 Å². The molecule has 0 radical (unpaired) electrons. The summed E-state index contributed by atoms with van der Waals surface area (Å²) in [5, 5.41) is 4.96. The summed E-state index contributed by atoms with van der Waals surface area (Å²) >= 11 is 0. The second-order valence-corrected chi connectivity index (χ2v) is 5.91. The van der Waals surface area contributed by atoms with Crippen molar-refractivity contribution in [1.29, 1.82) is 0 Å². The molecule has 1 aromatic carbocycles. The molecule has 3 rings (SSSR count). The van der Waals surface area contributed by atoms with Crippen LogP contribution in [0.25, 0.3) is 11.0 Å². The van der Waals surface area contributed by atoms with E-state index in [9.17, 15) is 4.79 Å². The molecule has 0 saturated carbocycles. The molecule has 1 amide bonds. The Balaban J connectivity index is 0.00000176. The van der Waals surface area contributed by atoms with Gasteiger partial charge in [0.1, 0.15) is 5.69 Å². The lowest BCUT2D eigenvalue weighted by molar-refractivity contribution is -0.134. The van der Waals surface area contributed by atoms with Gasteiger partial charge in [0.15, 0.2) is 5.58 Å². The van der Waals surface area contributed by atoms with Crippen LogP contribution in [-0.2, 0) is 11.2 Å². The van der Waals surface area contributed by atoms with Crippen molar-refractivity contribution in [3.05, 3.63) is 30.0 Å². The second kappa shape index (κ2) is 7.11. The maximum absolute atomic E-state index is 12.6. The van der Waals surface area contributed by atoms with E-state index in [1.54, 1.807) is 0 Å². The normalized spacial score (nSPS) is 21.6. The minimum atomic E-state index is 0. The highest BCUT2D eigenvalue weighted by Crippen LogP contribution is 2.24. The average molecular weight is 324 g/mol. The van der Waals surface area contributed by atoms with E-state index in [2.05, 4.69) is 12.1 Å².